The van der Waals surface area contributed by atoms with Crippen LogP contribution in [-0.4, -0.2) is 32.7 Å². The lowest BCUT2D eigenvalue weighted by Gasteiger charge is -2.18. The molecular formula is C21H25NO5S. The summed E-state index contributed by atoms with van der Waals surface area (Å²) < 4.78 is 28.9. The second-order valence-corrected chi connectivity index (χ2v) is 8.69. The molecule has 2 rings (SSSR count). The molecule has 0 fully saturated rings. The van der Waals surface area contributed by atoms with E-state index in [-0.39, 0.29) is 16.4 Å². The molecule has 1 amide bonds. The van der Waals surface area contributed by atoms with Crippen LogP contribution in [0.3, 0.4) is 0 Å². The van der Waals surface area contributed by atoms with Gasteiger partial charge in [-0.15, -0.1) is 0 Å². The van der Waals surface area contributed by atoms with Crippen LogP contribution < -0.4 is 5.32 Å². The Morgan fingerprint density at radius 3 is 2.29 bits per heavy atom. The number of para-hydroxylation sites is 1. The first-order valence-electron chi connectivity index (χ1n) is 9.05. The zero-order valence-corrected chi connectivity index (χ0v) is 17.2. The summed E-state index contributed by atoms with van der Waals surface area (Å²) in [6.45, 7) is 5.58. The van der Waals surface area contributed by atoms with Crippen molar-refractivity contribution in [3.8, 4) is 0 Å². The zero-order valence-electron chi connectivity index (χ0n) is 16.4. The van der Waals surface area contributed by atoms with Crippen molar-refractivity contribution in [1.82, 2.24) is 0 Å². The lowest BCUT2D eigenvalue weighted by atomic mass is 9.97. The Labute approximate surface area is 165 Å². The van der Waals surface area contributed by atoms with Crippen molar-refractivity contribution in [1.29, 1.82) is 0 Å². The van der Waals surface area contributed by atoms with E-state index in [1.165, 1.54) is 25.1 Å². The van der Waals surface area contributed by atoms with Gasteiger partial charge >= 0.3 is 5.97 Å². The van der Waals surface area contributed by atoms with Gasteiger partial charge in [0.05, 0.1) is 10.5 Å². The largest absolute Gasteiger partial charge is 0.449 e. The molecule has 0 heterocycles. The van der Waals surface area contributed by atoms with Crippen molar-refractivity contribution in [3.63, 3.8) is 0 Å². The van der Waals surface area contributed by atoms with E-state index in [0.29, 0.717) is 5.69 Å². The molecule has 0 bridgehead atoms. The van der Waals surface area contributed by atoms with Crippen LogP contribution in [0.15, 0.2) is 53.4 Å². The molecule has 0 unspecified atom stereocenters. The van der Waals surface area contributed by atoms with Crippen molar-refractivity contribution in [3.05, 3.63) is 59.7 Å². The first kappa shape index (κ1) is 21.6. The van der Waals surface area contributed by atoms with Gasteiger partial charge in [-0.25, -0.2) is 13.2 Å². The van der Waals surface area contributed by atoms with E-state index < -0.39 is 27.8 Å². The minimum atomic E-state index is -3.60. The second kappa shape index (κ2) is 9.01. The van der Waals surface area contributed by atoms with Crippen LogP contribution in [0.4, 0.5) is 5.69 Å². The standard InChI is InChI=1S/C21H25NO5S/c1-5-14(2)16-10-6-8-12-18(16)22-20(23)15(3)27-21(24)17-11-7-9-13-19(17)28(4,25)26/h6-15H,5H2,1-4H3,(H,22,23)/t14-,15-/m0/s1. The second-order valence-electron chi connectivity index (χ2n) is 6.70. The molecule has 0 aliphatic carbocycles. The van der Waals surface area contributed by atoms with Gasteiger partial charge in [0.15, 0.2) is 15.9 Å². The third kappa shape index (κ3) is 5.19. The highest BCUT2D eigenvalue weighted by Crippen LogP contribution is 2.26. The van der Waals surface area contributed by atoms with Crippen molar-refractivity contribution in [2.45, 2.75) is 44.1 Å². The average Bonchev–Trinajstić information content (AvgIpc) is 2.67. The number of rotatable bonds is 7. The van der Waals surface area contributed by atoms with Gasteiger partial charge in [-0.1, -0.05) is 44.2 Å². The van der Waals surface area contributed by atoms with Crippen LogP contribution in [0, 0.1) is 0 Å². The summed E-state index contributed by atoms with van der Waals surface area (Å²) in [5.74, 6) is -1.09. The van der Waals surface area contributed by atoms with Gasteiger partial charge in [-0.2, -0.15) is 0 Å². The Kier molecular flexibility index (Phi) is 6.96. The lowest BCUT2D eigenvalue weighted by molar-refractivity contribution is -0.123. The predicted octanol–water partition coefficient (Wildman–Crippen LogP) is 3.79. The highest BCUT2D eigenvalue weighted by Gasteiger charge is 2.24. The Hall–Kier alpha value is -2.67. The van der Waals surface area contributed by atoms with Crippen LogP contribution in [0.2, 0.25) is 0 Å². The number of sulfone groups is 1. The van der Waals surface area contributed by atoms with Crippen molar-refractivity contribution >= 4 is 27.4 Å². The quantitative estimate of drug-likeness (QED) is 0.711. The number of carbonyl (C=O) groups excluding carboxylic acids is 2. The summed E-state index contributed by atoms with van der Waals surface area (Å²) in [5, 5.41) is 2.79. The van der Waals surface area contributed by atoms with Crippen LogP contribution in [0.1, 0.15) is 49.0 Å². The van der Waals surface area contributed by atoms with E-state index in [9.17, 15) is 18.0 Å². The fourth-order valence-corrected chi connectivity index (χ4v) is 3.61. The first-order valence-corrected chi connectivity index (χ1v) is 10.9. The number of carbonyl (C=O) groups is 2. The highest BCUT2D eigenvalue weighted by molar-refractivity contribution is 7.90. The molecular weight excluding hydrogens is 378 g/mol. The summed E-state index contributed by atoms with van der Waals surface area (Å²) in [6.07, 6.45) is 0.839. The Morgan fingerprint density at radius 1 is 1.04 bits per heavy atom. The smallest absolute Gasteiger partial charge is 0.340 e. The van der Waals surface area contributed by atoms with Crippen LogP contribution in [0.25, 0.3) is 0 Å². The molecule has 0 radical (unpaired) electrons. The Balaban J connectivity index is 2.15. The maximum absolute atomic E-state index is 12.5. The van der Waals surface area contributed by atoms with E-state index in [1.807, 2.05) is 18.2 Å². The summed E-state index contributed by atoms with van der Waals surface area (Å²) in [7, 11) is -3.60. The molecule has 0 aliphatic rings. The molecule has 150 valence electrons. The highest BCUT2D eigenvalue weighted by atomic mass is 32.2. The number of benzene rings is 2. The monoisotopic (exact) mass is 403 g/mol. The van der Waals surface area contributed by atoms with Gasteiger partial charge in [0.2, 0.25) is 0 Å². The molecule has 0 aliphatic heterocycles. The van der Waals surface area contributed by atoms with Crippen molar-refractivity contribution < 1.29 is 22.7 Å². The van der Waals surface area contributed by atoms with Gasteiger partial charge in [-0.3, -0.25) is 4.79 Å². The third-order valence-corrected chi connectivity index (χ3v) is 5.68. The fourth-order valence-electron chi connectivity index (χ4n) is 2.73. The number of amides is 1. The fraction of sp³-hybridized carbons (Fsp3) is 0.333. The van der Waals surface area contributed by atoms with Gasteiger partial charge in [0, 0.05) is 11.9 Å². The average molecular weight is 404 g/mol. The van der Waals surface area contributed by atoms with Gasteiger partial charge in [0.25, 0.3) is 5.91 Å². The zero-order chi connectivity index (χ0) is 20.9. The lowest BCUT2D eigenvalue weighted by Crippen LogP contribution is -2.30. The maximum atomic E-state index is 12.5. The molecule has 2 aromatic carbocycles. The van der Waals surface area contributed by atoms with Gasteiger partial charge in [0.1, 0.15) is 0 Å². The van der Waals surface area contributed by atoms with Crippen LogP contribution in [-0.2, 0) is 19.4 Å². The number of hydrogen-bond donors (Lipinski definition) is 1. The summed E-state index contributed by atoms with van der Waals surface area (Å²) >= 11 is 0. The summed E-state index contributed by atoms with van der Waals surface area (Å²) in [5.41, 5.74) is 1.57. The number of hydrogen-bond acceptors (Lipinski definition) is 5. The van der Waals surface area contributed by atoms with Gasteiger partial charge in [-0.05, 0) is 43.0 Å². The van der Waals surface area contributed by atoms with E-state index in [1.54, 1.807) is 12.1 Å². The van der Waals surface area contributed by atoms with Gasteiger partial charge < -0.3 is 10.1 Å². The molecule has 2 aromatic rings. The maximum Gasteiger partial charge on any atom is 0.340 e. The first-order chi connectivity index (χ1) is 13.1. The number of anilines is 1. The number of esters is 1. The van der Waals surface area contributed by atoms with Crippen LogP contribution >= 0.6 is 0 Å². The molecule has 7 heteroatoms. The molecule has 28 heavy (non-hydrogen) atoms. The molecule has 0 saturated heterocycles. The third-order valence-electron chi connectivity index (χ3n) is 4.52. The van der Waals surface area contributed by atoms with E-state index in [0.717, 1.165) is 18.2 Å². The predicted molar refractivity (Wildman–Crippen MR) is 108 cm³/mol. The Bertz CT molecular complexity index is 968. The van der Waals surface area contributed by atoms with E-state index in [2.05, 4.69) is 19.2 Å². The molecule has 0 aromatic heterocycles. The molecule has 0 saturated carbocycles. The van der Waals surface area contributed by atoms with Crippen LogP contribution in [0.5, 0.6) is 0 Å². The molecule has 0 spiro atoms. The summed E-state index contributed by atoms with van der Waals surface area (Å²) in [4.78, 5) is 24.8. The summed E-state index contributed by atoms with van der Waals surface area (Å²) in [6, 6.07) is 13.2. The normalized spacial score (nSPS) is 13.4. The Morgan fingerprint density at radius 2 is 1.64 bits per heavy atom. The molecule has 6 nitrogen and oxygen atoms in total. The van der Waals surface area contributed by atoms with E-state index >= 15 is 0 Å². The van der Waals surface area contributed by atoms with E-state index in [4.69, 9.17) is 4.74 Å². The molecule has 1 N–H and O–H groups in total. The van der Waals surface area contributed by atoms with Crippen molar-refractivity contribution in [2.24, 2.45) is 0 Å². The SMILES string of the molecule is CC[C@H](C)c1ccccc1NC(=O)[C@H](C)OC(=O)c1ccccc1S(C)(=O)=O. The number of ether oxygens (including phenoxy) is 1. The van der Waals surface area contributed by atoms with Crippen molar-refractivity contribution in [2.75, 3.05) is 11.6 Å². The minimum Gasteiger partial charge on any atom is -0.449 e. The topological polar surface area (TPSA) is 89.5 Å². The number of nitrogens with one attached hydrogen (secondary N) is 1. The molecule has 2 atom stereocenters. The minimum absolute atomic E-state index is 0.0929.